The molecule has 4 amide bonds. The van der Waals surface area contributed by atoms with Gasteiger partial charge >= 0.3 is 47.8 Å². The lowest BCUT2D eigenvalue weighted by molar-refractivity contribution is -0.150. The van der Waals surface area contributed by atoms with Crippen LogP contribution >= 0.6 is 51.2 Å². The molecule has 0 bridgehead atoms. The molecule has 5 aromatic carbocycles. The maximum Gasteiger partial charge on any atom is 0.352 e. The van der Waals surface area contributed by atoms with Crippen LogP contribution in [0.4, 0.5) is 5.69 Å². The van der Waals surface area contributed by atoms with Gasteiger partial charge in [0.2, 0.25) is 11.8 Å². The second kappa shape index (κ2) is 29.0. The van der Waals surface area contributed by atoms with Gasteiger partial charge in [-0.15, -0.1) is 35.3 Å². The lowest BCUT2D eigenvalue weighted by atomic mass is 9.77. The standard InChI is InChI=1S/C36H28N2O13S2.C20H13NO5.C12H13BrN2O6S/c1-16(39)47-13-19-14-53-33-30(32(43)38(33)31(19)34(44)45)37-29(42)15-52-22-6-9-24-23(12-22)35(46)51-36(24)25-7-4-20(48-17(2)40)10-27(25)50-28-11-21(49-18(3)41)5-8-26(28)36;21-10-1-4-13(16(7-10)20(24)25)19-14-5-2-11(22)8-17(14)26-18-9-12(23)3-6-15(18)19;1-5(16)21-3-6-4-22-11-8(14-7(17)2-13)10(18)15(11)9(6)12(19)20/h4-12,30,33H,13-15H2,1-3H3,(H,37,42)(H,44,45);1-9,22H,21H2,(H,24,25);8,11H,2-4H2,1H3,(H,14,17)(H,19,20). The number of carbonyl (C=O) groups is 12. The summed E-state index contributed by atoms with van der Waals surface area (Å²) in [5.41, 5.74) is 8.20. The van der Waals surface area contributed by atoms with Gasteiger partial charge in [0.05, 0.1) is 22.2 Å². The van der Waals surface area contributed by atoms with E-state index in [9.17, 15) is 82.8 Å². The van der Waals surface area contributed by atoms with E-state index in [1.54, 1.807) is 66.7 Å². The van der Waals surface area contributed by atoms with Gasteiger partial charge in [-0.05, 0) is 78.4 Å². The average molecular weight is 1500 g/mol. The second-order valence-electron chi connectivity index (χ2n) is 22.7. The molecule has 5 aromatic rings. The Kier molecular flexibility index (Phi) is 20.4. The summed E-state index contributed by atoms with van der Waals surface area (Å²) in [5.74, 6) is -6.93. The maximum atomic E-state index is 13.6. The van der Waals surface area contributed by atoms with Crippen molar-refractivity contribution in [3.8, 4) is 51.2 Å². The van der Waals surface area contributed by atoms with Crippen molar-refractivity contribution in [2.75, 3.05) is 41.5 Å². The highest BCUT2D eigenvalue weighted by atomic mass is 79.9. The van der Waals surface area contributed by atoms with E-state index < -0.39 is 93.9 Å². The Morgan fingerprint density at radius 3 is 1.69 bits per heavy atom. The number of halogens is 1. The van der Waals surface area contributed by atoms with E-state index in [1.165, 1.54) is 93.7 Å². The molecule has 4 unspecified atom stereocenters. The SMILES string of the molecule is CC(=O)OCC1=C(C(=O)O)N2C(=O)C(NC(=O)CBr)C2SC1.CC(=O)OCC1=C(C(=O)O)N2C(=O)C(NC(=O)CSc3ccc4c(c3)C(=O)OC43c4ccc(OC(C)=O)cc4Oc4cc(OC(C)=O)ccc43)C2SC1.Nc1ccc(-c2c3ccc(=O)cc-3oc3cc(O)ccc23)c(C(=O)O)c1. The van der Waals surface area contributed by atoms with Gasteiger partial charge < -0.3 is 69.6 Å². The van der Waals surface area contributed by atoms with Gasteiger partial charge in [0.15, 0.2) is 11.0 Å². The predicted octanol–water partition coefficient (Wildman–Crippen LogP) is 6.73. The fourth-order valence-electron chi connectivity index (χ4n) is 11.9. The van der Waals surface area contributed by atoms with Crippen LogP contribution in [0.2, 0.25) is 0 Å². The number of β-lactam (4-membered cyclic amide) rings is 2. The maximum absolute atomic E-state index is 13.6. The lowest BCUT2D eigenvalue weighted by Crippen LogP contribution is -2.70. The summed E-state index contributed by atoms with van der Waals surface area (Å²) in [6.07, 6.45) is 0. The summed E-state index contributed by atoms with van der Waals surface area (Å²) in [7, 11) is 0. The number of fused-ring (bicyclic) bond motifs is 10. The number of aromatic hydroxyl groups is 1. The van der Waals surface area contributed by atoms with E-state index in [0.29, 0.717) is 72.0 Å². The largest absolute Gasteiger partial charge is 0.508 e. The van der Waals surface area contributed by atoms with E-state index in [-0.39, 0.29) is 98.2 Å². The van der Waals surface area contributed by atoms with E-state index in [4.69, 9.17) is 38.6 Å². The van der Waals surface area contributed by atoms with Crippen LogP contribution in [0.25, 0.3) is 33.4 Å². The third kappa shape index (κ3) is 14.2. The van der Waals surface area contributed by atoms with Crippen LogP contribution in [-0.4, -0.2) is 160 Å². The molecule has 520 valence electrons. The minimum Gasteiger partial charge on any atom is -0.508 e. The number of thioether (sulfide) groups is 3. The Bertz CT molecular complexity index is 4790. The molecular weight excluding hydrogens is 1450 g/mol. The zero-order valence-corrected chi connectivity index (χ0v) is 57.0. The normalized spacial score (nSPS) is 17.8. The van der Waals surface area contributed by atoms with Gasteiger partial charge in [0.1, 0.15) is 87.5 Å². The minimum absolute atomic E-state index is 0.000548. The van der Waals surface area contributed by atoms with Crippen molar-refractivity contribution in [1.82, 2.24) is 20.4 Å². The van der Waals surface area contributed by atoms with Crippen LogP contribution < -0.4 is 36.0 Å². The number of alkyl halides is 1. The topological polar surface area (TPSA) is 428 Å². The number of amides is 4. The number of hydrogen-bond acceptors (Lipinski definition) is 25. The number of nitrogens with one attached hydrogen (secondary N) is 2. The van der Waals surface area contributed by atoms with Gasteiger partial charge in [-0.2, -0.15) is 0 Å². The number of nitrogens with zero attached hydrogens (tertiary/aromatic N) is 2. The molecule has 8 N–H and O–H groups in total. The molecule has 1 spiro atoms. The number of nitrogen functional groups attached to an aromatic ring is 1. The average Bonchev–Trinajstić information content (AvgIpc) is 1.60. The van der Waals surface area contributed by atoms with Gasteiger partial charge in [-0.25, -0.2) is 19.2 Å². The zero-order chi connectivity index (χ0) is 72.6. The van der Waals surface area contributed by atoms with Crippen molar-refractivity contribution in [2.24, 2.45) is 0 Å². The number of carboxylic acid groups (broad SMARTS) is 3. The molecule has 1 aliphatic carbocycles. The quantitative estimate of drug-likeness (QED) is 0.00770. The van der Waals surface area contributed by atoms with Crippen LogP contribution in [0.1, 0.15) is 65.1 Å². The highest BCUT2D eigenvalue weighted by Crippen LogP contribution is 2.58. The number of phenolic OH excluding ortho intramolecular Hbond substituents is 1. The van der Waals surface area contributed by atoms with Crippen molar-refractivity contribution in [1.29, 1.82) is 0 Å². The third-order valence-corrected chi connectivity index (χ3v) is 20.2. The van der Waals surface area contributed by atoms with E-state index in [2.05, 4.69) is 26.6 Å². The highest BCUT2D eigenvalue weighted by molar-refractivity contribution is 9.09. The molecule has 101 heavy (non-hydrogen) atoms. The number of ether oxygens (including phenoxy) is 6. The monoisotopic (exact) mass is 1500 g/mol. The number of carbonyl (C=O) groups excluding carboxylic acids is 9. The molecule has 29 nitrogen and oxygen atoms in total. The molecule has 7 heterocycles. The van der Waals surface area contributed by atoms with E-state index >= 15 is 0 Å². The number of aliphatic carboxylic acids is 2. The van der Waals surface area contributed by atoms with Crippen molar-refractivity contribution >= 4 is 139 Å². The molecule has 0 saturated carbocycles. The molecule has 13 rings (SSSR count). The van der Waals surface area contributed by atoms with Crippen LogP contribution in [-0.2, 0) is 67.8 Å². The number of carboxylic acids is 3. The summed E-state index contributed by atoms with van der Waals surface area (Å²) >= 11 is 6.67. The van der Waals surface area contributed by atoms with E-state index in [0.717, 1.165) is 21.6 Å². The first kappa shape index (κ1) is 71.1. The number of anilines is 1. The molecule has 33 heteroatoms. The Balaban J connectivity index is 0.000000176. The Labute approximate surface area is 590 Å². The van der Waals surface area contributed by atoms with Gasteiger partial charge in [-0.1, -0.05) is 28.1 Å². The highest BCUT2D eigenvalue weighted by Gasteiger charge is 2.57. The van der Waals surface area contributed by atoms with Gasteiger partial charge in [-0.3, -0.25) is 53.0 Å². The summed E-state index contributed by atoms with van der Waals surface area (Å²) in [6, 6.07) is 26.2. The first-order valence-corrected chi connectivity index (χ1v) is 34.2. The molecule has 2 saturated heterocycles. The Hall–Kier alpha value is -11.2. The fraction of sp³-hybridized carbons (Fsp3) is 0.221. The molecule has 8 aliphatic rings. The molecule has 4 atom stereocenters. The summed E-state index contributed by atoms with van der Waals surface area (Å²) in [6.45, 7) is 4.51. The lowest BCUT2D eigenvalue weighted by Gasteiger charge is -2.49. The smallest absolute Gasteiger partial charge is 0.352 e. The van der Waals surface area contributed by atoms with Crippen LogP contribution in [0, 0.1) is 0 Å². The summed E-state index contributed by atoms with van der Waals surface area (Å²) < 4.78 is 38.4. The predicted molar refractivity (Wildman–Crippen MR) is 362 cm³/mol. The number of benzene rings is 6. The third-order valence-electron chi connectivity index (χ3n) is 16.0. The molecular formula is C68H54BrN5O24S3. The van der Waals surface area contributed by atoms with Crippen molar-refractivity contribution in [2.45, 2.75) is 61.0 Å². The first-order valence-electron chi connectivity index (χ1n) is 30.0. The van der Waals surface area contributed by atoms with Crippen molar-refractivity contribution < 1.29 is 111 Å². The molecule has 0 aromatic heterocycles. The Morgan fingerprint density at radius 1 is 0.624 bits per heavy atom. The number of phenols is 1. The minimum atomic E-state index is -1.49. The first-order chi connectivity index (χ1) is 48.1. The van der Waals surface area contributed by atoms with Gasteiger partial charge in [0, 0.05) is 118 Å². The molecule has 2 fully saturated rings. The van der Waals surface area contributed by atoms with Crippen molar-refractivity contribution in [3.63, 3.8) is 0 Å². The molecule has 7 aliphatic heterocycles. The number of nitrogens with two attached hydrogens (primary N) is 1. The summed E-state index contributed by atoms with van der Waals surface area (Å²) in [4.78, 5) is 158. The number of aromatic carboxylic acids is 1. The number of rotatable bonds is 16. The van der Waals surface area contributed by atoms with Crippen molar-refractivity contribution in [3.05, 3.63) is 170 Å². The number of esters is 5. The molecule has 0 radical (unpaired) electrons. The van der Waals surface area contributed by atoms with Crippen LogP contribution in [0.5, 0.6) is 28.7 Å². The Morgan fingerprint density at radius 2 is 1.17 bits per heavy atom. The summed E-state index contributed by atoms with van der Waals surface area (Å²) in [5, 5.41) is 43.3. The zero-order valence-electron chi connectivity index (χ0n) is 53.0. The second-order valence-corrected chi connectivity index (χ2v) is 26.5. The van der Waals surface area contributed by atoms with E-state index in [1.807, 2.05) is 0 Å². The number of hydrogen-bond donors (Lipinski definition) is 7. The van der Waals surface area contributed by atoms with Crippen LogP contribution in [0.15, 0.2) is 146 Å². The fourth-order valence-corrected chi connectivity index (χ4v) is 15.4. The van der Waals surface area contributed by atoms with Gasteiger partial charge in [0.25, 0.3) is 11.8 Å². The van der Waals surface area contributed by atoms with Crippen LogP contribution in [0.3, 0.4) is 0 Å².